The SMILES string of the molecule is OC1(c2ncccn2)CC2CCCC(C1)N2Cc1ccccc1. The van der Waals surface area contributed by atoms with Gasteiger partial charge in [-0.15, -0.1) is 0 Å². The Morgan fingerprint density at radius 1 is 1.00 bits per heavy atom. The van der Waals surface area contributed by atoms with Crippen LogP contribution >= 0.6 is 0 Å². The van der Waals surface area contributed by atoms with Gasteiger partial charge in [0.25, 0.3) is 0 Å². The summed E-state index contributed by atoms with van der Waals surface area (Å²) in [6, 6.07) is 13.3. The van der Waals surface area contributed by atoms with Crippen LogP contribution in [-0.4, -0.2) is 32.1 Å². The van der Waals surface area contributed by atoms with Crippen molar-refractivity contribution in [3.05, 3.63) is 60.2 Å². The molecule has 1 N–H and O–H groups in total. The zero-order chi connectivity index (χ0) is 15.7. The largest absolute Gasteiger partial charge is 0.382 e. The summed E-state index contributed by atoms with van der Waals surface area (Å²) >= 11 is 0. The summed E-state index contributed by atoms with van der Waals surface area (Å²) in [5, 5.41) is 11.2. The molecule has 2 aliphatic heterocycles. The van der Waals surface area contributed by atoms with Crippen molar-refractivity contribution in [2.24, 2.45) is 0 Å². The highest BCUT2D eigenvalue weighted by Crippen LogP contribution is 2.43. The predicted octanol–water partition coefficient (Wildman–Crippen LogP) is 2.88. The van der Waals surface area contributed by atoms with Crippen LogP contribution in [0.4, 0.5) is 0 Å². The lowest BCUT2D eigenvalue weighted by molar-refractivity contribution is -0.104. The Bertz CT molecular complexity index is 632. The number of fused-ring (bicyclic) bond motifs is 2. The van der Waals surface area contributed by atoms with Gasteiger partial charge in [-0.05, 0) is 37.3 Å². The number of benzene rings is 1. The first kappa shape index (κ1) is 14.8. The maximum atomic E-state index is 11.2. The summed E-state index contributed by atoms with van der Waals surface area (Å²) in [4.78, 5) is 11.3. The van der Waals surface area contributed by atoms with Gasteiger partial charge in [0.1, 0.15) is 5.60 Å². The predicted molar refractivity (Wildman–Crippen MR) is 88.6 cm³/mol. The molecule has 0 spiro atoms. The molecule has 2 bridgehead atoms. The molecule has 0 aliphatic carbocycles. The molecule has 2 saturated heterocycles. The van der Waals surface area contributed by atoms with Crippen molar-refractivity contribution >= 4 is 0 Å². The molecular formula is C19H23N3O. The second-order valence-corrected chi connectivity index (χ2v) is 6.91. The first-order chi connectivity index (χ1) is 11.2. The van der Waals surface area contributed by atoms with Gasteiger partial charge in [-0.25, -0.2) is 9.97 Å². The standard InChI is InChI=1S/C19H23N3O/c23-19(18-20-10-5-11-21-18)12-16-8-4-9-17(13-19)22(16)14-15-6-2-1-3-7-15/h1-3,5-7,10-11,16-17,23H,4,8-9,12-14H2. The highest BCUT2D eigenvalue weighted by Gasteiger charge is 2.47. The fourth-order valence-electron chi connectivity index (χ4n) is 4.29. The van der Waals surface area contributed by atoms with Crippen molar-refractivity contribution in [3.8, 4) is 0 Å². The van der Waals surface area contributed by atoms with E-state index in [9.17, 15) is 5.11 Å². The molecule has 2 atom stereocenters. The minimum atomic E-state index is -0.871. The monoisotopic (exact) mass is 309 g/mol. The first-order valence-corrected chi connectivity index (χ1v) is 8.54. The quantitative estimate of drug-likeness (QED) is 0.947. The Kier molecular flexibility index (Phi) is 3.87. The van der Waals surface area contributed by atoms with Crippen LogP contribution in [0.15, 0.2) is 48.8 Å². The Hall–Kier alpha value is -1.78. The molecule has 3 heterocycles. The van der Waals surface area contributed by atoms with E-state index in [0.29, 0.717) is 17.9 Å². The van der Waals surface area contributed by atoms with Crippen LogP contribution in [0.5, 0.6) is 0 Å². The average molecular weight is 309 g/mol. The molecule has 0 saturated carbocycles. The lowest BCUT2D eigenvalue weighted by Gasteiger charge is -2.51. The van der Waals surface area contributed by atoms with Crippen LogP contribution in [0, 0.1) is 0 Å². The summed E-state index contributed by atoms with van der Waals surface area (Å²) in [5.74, 6) is 0.594. The lowest BCUT2D eigenvalue weighted by atomic mass is 9.75. The number of aromatic nitrogens is 2. The Morgan fingerprint density at radius 2 is 1.65 bits per heavy atom. The second kappa shape index (κ2) is 6.02. The third-order valence-electron chi connectivity index (χ3n) is 5.35. The number of hydrogen-bond acceptors (Lipinski definition) is 4. The van der Waals surface area contributed by atoms with Gasteiger partial charge in [-0.1, -0.05) is 36.8 Å². The van der Waals surface area contributed by atoms with Crippen LogP contribution in [-0.2, 0) is 12.1 Å². The van der Waals surface area contributed by atoms with Gasteiger partial charge in [0.05, 0.1) is 0 Å². The van der Waals surface area contributed by atoms with Crippen LogP contribution in [0.1, 0.15) is 43.5 Å². The van der Waals surface area contributed by atoms with Gasteiger partial charge in [0, 0.05) is 31.0 Å². The van der Waals surface area contributed by atoms with Crippen LogP contribution in [0.2, 0.25) is 0 Å². The number of hydrogen-bond donors (Lipinski definition) is 1. The minimum absolute atomic E-state index is 0.413. The van der Waals surface area contributed by atoms with Crippen molar-refractivity contribution in [3.63, 3.8) is 0 Å². The third kappa shape index (κ3) is 2.89. The average Bonchev–Trinajstić information content (AvgIpc) is 2.58. The molecule has 0 amide bonds. The summed E-state index contributed by atoms with van der Waals surface area (Å²) < 4.78 is 0. The Morgan fingerprint density at radius 3 is 2.30 bits per heavy atom. The summed E-state index contributed by atoms with van der Waals surface area (Å²) in [7, 11) is 0. The molecule has 2 aromatic rings. The van der Waals surface area contributed by atoms with E-state index < -0.39 is 5.60 Å². The second-order valence-electron chi connectivity index (χ2n) is 6.91. The Labute approximate surface area is 137 Å². The molecule has 4 rings (SSSR count). The number of rotatable bonds is 3. The van der Waals surface area contributed by atoms with E-state index in [0.717, 1.165) is 32.2 Å². The van der Waals surface area contributed by atoms with Gasteiger partial charge in [-0.2, -0.15) is 0 Å². The molecule has 0 radical (unpaired) electrons. The van der Waals surface area contributed by atoms with Crippen molar-refractivity contribution < 1.29 is 5.11 Å². The van der Waals surface area contributed by atoms with E-state index in [1.807, 2.05) is 0 Å². The maximum Gasteiger partial charge on any atom is 0.160 e. The zero-order valence-corrected chi connectivity index (χ0v) is 13.3. The van der Waals surface area contributed by atoms with Crippen molar-refractivity contribution in [1.82, 2.24) is 14.9 Å². The number of nitrogens with zero attached hydrogens (tertiary/aromatic N) is 3. The zero-order valence-electron chi connectivity index (χ0n) is 13.3. The van der Waals surface area contributed by atoms with Gasteiger partial charge in [0.2, 0.25) is 0 Å². The number of aliphatic hydroxyl groups is 1. The molecular weight excluding hydrogens is 286 g/mol. The normalized spacial score (nSPS) is 31.0. The minimum Gasteiger partial charge on any atom is -0.382 e. The molecule has 4 heteroatoms. The summed E-state index contributed by atoms with van der Waals surface area (Å²) in [6.07, 6.45) is 8.49. The van der Waals surface area contributed by atoms with E-state index in [1.54, 1.807) is 18.5 Å². The summed E-state index contributed by atoms with van der Waals surface area (Å²) in [6.45, 7) is 0.974. The highest BCUT2D eigenvalue weighted by molar-refractivity contribution is 5.16. The van der Waals surface area contributed by atoms with Crippen molar-refractivity contribution in [2.45, 2.75) is 56.3 Å². The fourth-order valence-corrected chi connectivity index (χ4v) is 4.29. The van der Waals surface area contributed by atoms with E-state index in [1.165, 1.54) is 12.0 Å². The van der Waals surface area contributed by atoms with Crippen LogP contribution in [0.25, 0.3) is 0 Å². The molecule has 1 aromatic heterocycles. The number of piperidine rings is 2. The molecule has 23 heavy (non-hydrogen) atoms. The van der Waals surface area contributed by atoms with Crippen molar-refractivity contribution in [1.29, 1.82) is 0 Å². The van der Waals surface area contributed by atoms with Gasteiger partial charge >= 0.3 is 0 Å². The van der Waals surface area contributed by atoms with E-state index >= 15 is 0 Å². The van der Waals surface area contributed by atoms with Crippen LogP contribution in [0.3, 0.4) is 0 Å². The van der Waals surface area contributed by atoms with Gasteiger partial charge < -0.3 is 5.11 Å². The lowest BCUT2D eigenvalue weighted by Crippen LogP contribution is -2.56. The molecule has 2 aliphatic rings. The Balaban J connectivity index is 1.57. The molecule has 4 nitrogen and oxygen atoms in total. The van der Waals surface area contributed by atoms with E-state index in [4.69, 9.17) is 0 Å². The fraction of sp³-hybridized carbons (Fsp3) is 0.474. The molecule has 2 unspecified atom stereocenters. The van der Waals surface area contributed by atoms with Crippen LogP contribution < -0.4 is 0 Å². The van der Waals surface area contributed by atoms with Gasteiger partial charge in [-0.3, -0.25) is 4.90 Å². The van der Waals surface area contributed by atoms with Gasteiger partial charge in [0.15, 0.2) is 5.82 Å². The third-order valence-corrected chi connectivity index (χ3v) is 5.35. The van der Waals surface area contributed by atoms with Crippen molar-refractivity contribution in [2.75, 3.05) is 0 Å². The van der Waals surface area contributed by atoms with E-state index in [2.05, 4.69) is 45.2 Å². The summed E-state index contributed by atoms with van der Waals surface area (Å²) in [5.41, 5.74) is 0.482. The smallest absolute Gasteiger partial charge is 0.160 e. The maximum absolute atomic E-state index is 11.2. The molecule has 2 fully saturated rings. The molecule has 1 aromatic carbocycles. The topological polar surface area (TPSA) is 49.3 Å². The van der Waals surface area contributed by atoms with E-state index in [-0.39, 0.29) is 0 Å². The highest BCUT2D eigenvalue weighted by atomic mass is 16.3. The molecule has 120 valence electrons. The first-order valence-electron chi connectivity index (χ1n) is 8.54.